The van der Waals surface area contributed by atoms with Gasteiger partial charge in [0.05, 0.1) is 11.0 Å². The minimum Gasteiger partial charge on any atom is -0.456 e. The summed E-state index contributed by atoms with van der Waals surface area (Å²) in [5.41, 5.74) is 7.90. The Morgan fingerprint density at radius 2 is 1.00 bits per heavy atom. The molecule has 0 saturated carbocycles. The van der Waals surface area contributed by atoms with Crippen LogP contribution in [0, 0.1) is 0 Å². The highest BCUT2D eigenvalue weighted by atomic mass is 16.3. The van der Waals surface area contributed by atoms with Gasteiger partial charge in [-0.1, -0.05) is 127 Å². The van der Waals surface area contributed by atoms with E-state index in [-0.39, 0.29) is 0 Å². The maximum Gasteiger partial charge on any atom is 0.238 e. The van der Waals surface area contributed by atoms with E-state index in [1.54, 1.807) is 0 Å². The van der Waals surface area contributed by atoms with Gasteiger partial charge >= 0.3 is 0 Å². The number of hydrogen-bond acceptors (Lipinski definition) is 4. The molecule has 0 bridgehead atoms. The standard InChI is InChI=1S/C47H28N4O/c1-3-11-29(12-4-1)32-20-24-40-39(27-32)44-37-22-19-30-13-7-8-16-34(30)35(37)23-25-41(44)51(40)47-49-45(31-14-5-2-6-15-31)48-46(50-47)33-21-26-43-38(28-33)36-17-9-10-18-42(36)52-43/h1-28H. The molecule has 8 aromatic carbocycles. The van der Waals surface area contributed by atoms with Gasteiger partial charge in [-0.15, -0.1) is 0 Å². The fourth-order valence-electron chi connectivity index (χ4n) is 7.81. The van der Waals surface area contributed by atoms with Gasteiger partial charge in [0.25, 0.3) is 0 Å². The zero-order valence-electron chi connectivity index (χ0n) is 27.9. The average Bonchev–Trinajstić information content (AvgIpc) is 3.76. The third-order valence-corrected chi connectivity index (χ3v) is 10.2. The number of fused-ring (bicyclic) bond motifs is 10. The lowest BCUT2D eigenvalue weighted by atomic mass is 9.97. The second kappa shape index (κ2) is 11.2. The number of nitrogens with zero attached hydrogens (tertiary/aromatic N) is 4. The molecule has 0 atom stereocenters. The Morgan fingerprint density at radius 3 is 1.85 bits per heavy atom. The Labute approximate surface area is 298 Å². The summed E-state index contributed by atoms with van der Waals surface area (Å²) in [6.07, 6.45) is 0. The summed E-state index contributed by atoms with van der Waals surface area (Å²) in [5, 5.41) is 9.28. The molecular formula is C47H28N4O. The van der Waals surface area contributed by atoms with E-state index >= 15 is 0 Å². The SMILES string of the molecule is c1ccc(-c2ccc3c(c2)c2c4ccc5ccccc5c4ccc2n3-c2nc(-c3ccccc3)nc(-c3ccc4oc5ccccc5c4c3)n2)cc1. The molecule has 0 radical (unpaired) electrons. The first-order valence-electron chi connectivity index (χ1n) is 17.4. The van der Waals surface area contributed by atoms with E-state index in [4.69, 9.17) is 19.4 Å². The maximum absolute atomic E-state index is 6.16. The van der Waals surface area contributed by atoms with Crippen LogP contribution in [0.15, 0.2) is 174 Å². The summed E-state index contributed by atoms with van der Waals surface area (Å²) in [4.78, 5) is 15.6. The second-order valence-corrected chi connectivity index (χ2v) is 13.2. The Kier molecular flexibility index (Phi) is 6.18. The lowest BCUT2D eigenvalue weighted by Crippen LogP contribution is -2.06. The van der Waals surface area contributed by atoms with Crippen LogP contribution in [0.3, 0.4) is 0 Å². The molecule has 0 unspecified atom stereocenters. The van der Waals surface area contributed by atoms with E-state index in [0.717, 1.165) is 55.0 Å². The second-order valence-electron chi connectivity index (χ2n) is 13.2. The Morgan fingerprint density at radius 1 is 0.365 bits per heavy atom. The summed E-state index contributed by atoms with van der Waals surface area (Å²) in [6, 6.07) is 59.3. The van der Waals surface area contributed by atoms with E-state index in [1.165, 1.54) is 32.5 Å². The molecule has 0 aliphatic heterocycles. The number of rotatable bonds is 4. The van der Waals surface area contributed by atoms with Gasteiger partial charge in [-0.25, -0.2) is 4.98 Å². The molecule has 5 heteroatoms. The van der Waals surface area contributed by atoms with Crippen molar-refractivity contribution in [3.05, 3.63) is 170 Å². The summed E-state index contributed by atoms with van der Waals surface area (Å²) in [7, 11) is 0. The molecule has 0 saturated heterocycles. The molecule has 0 aliphatic carbocycles. The summed E-state index contributed by atoms with van der Waals surface area (Å²) < 4.78 is 8.37. The van der Waals surface area contributed by atoms with Crippen LogP contribution in [0.4, 0.5) is 0 Å². The molecule has 0 amide bonds. The maximum atomic E-state index is 6.16. The van der Waals surface area contributed by atoms with Crippen LogP contribution in [0.2, 0.25) is 0 Å². The van der Waals surface area contributed by atoms with Crippen molar-refractivity contribution in [2.24, 2.45) is 0 Å². The van der Waals surface area contributed by atoms with Crippen LogP contribution < -0.4 is 0 Å². The number of benzene rings is 8. The van der Waals surface area contributed by atoms with Crippen LogP contribution >= 0.6 is 0 Å². The van der Waals surface area contributed by atoms with Crippen molar-refractivity contribution in [2.75, 3.05) is 0 Å². The highest BCUT2D eigenvalue weighted by Gasteiger charge is 2.21. The Bertz CT molecular complexity index is 3180. The van der Waals surface area contributed by atoms with Crippen LogP contribution in [0.5, 0.6) is 0 Å². The molecule has 11 aromatic rings. The summed E-state index contributed by atoms with van der Waals surface area (Å²) >= 11 is 0. The number of hydrogen-bond donors (Lipinski definition) is 0. The van der Waals surface area contributed by atoms with Gasteiger partial charge in [-0.2, -0.15) is 9.97 Å². The Hall–Kier alpha value is -7.11. The summed E-state index contributed by atoms with van der Waals surface area (Å²) in [5.74, 6) is 1.77. The van der Waals surface area contributed by atoms with E-state index in [2.05, 4.69) is 114 Å². The van der Waals surface area contributed by atoms with Gasteiger partial charge in [0.2, 0.25) is 5.95 Å². The Balaban J connectivity index is 1.22. The molecular weight excluding hydrogens is 637 g/mol. The normalized spacial score (nSPS) is 11.8. The van der Waals surface area contributed by atoms with Crippen molar-refractivity contribution in [1.29, 1.82) is 0 Å². The molecule has 0 fully saturated rings. The first-order valence-corrected chi connectivity index (χ1v) is 17.4. The molecule has 0 aliphatic rings. The van der Waals surface area contributed by atoms with Crippen LogP contribution in [-0.4, -0.2) is 19.5 Å². The minimum atomic E-state index is 0.564. The van der Waals surface area contributed by atoms with Crippen molar-refractivity contribution in [3.8, 4) is 39.9 Å². The highest BCUT2D eigenvalue weighted by Crippen LogP contribution is 2.41. The van der Waals surface area contributed by atoms with Crippen LogP contribution in [-0.2, 0) is 0 Å². The molecule has 242 valence electrons. The lowest BCUT2D eigenvalue weighted by molar-refractivity contribution is 0.669. The zero-order valence-corrected chi connectivity index (χ0v) is 27.9. The van der Waals surface area contributed by atoms with Gasteiger partial charge in [0.1, 0.15) is 11.2 Å². The van der Waals surface area contributed by atoms with Crippen molar-refractivity contribution in [2.45, 2.75) is 0 Å². The summed E-state index contributed by atoms with van der Waals surface area (Å²) in [6.45, 7) is 0. The van der Waals surface area contributed by atoms with E-state index in [0.29, 0.717) is 17.6 Å². The van der Waals surface area contributed by atoms with Gasteiger partial charge in [0, 0.05) is 32.7 Å². The first-order chi connectivity index (χ1) is 25.8. The fraction of sp³-hybridized carbons (Fsp3) is 0. The van der Waals surface area contributed by atoms with Gasteiger partial charge in [-0.05, 0) is 75.1 Å². The average molecular weight is 665 g/mol. The fourth-order valence-corrected chi connectivity index (χ4v) is 7.81. The van der Waals surface area contributed by atoms with Crippen LogP contribution in [0.25, 0.3) is 105 Å². The molecule has 11 rings (SSSR count). The van der Waals surface area contributed by atoms with Crippen molar-refractivity contribution in [3.63, 3.8) is 0 Å². The predicted molar refractivity (Wildman–Crippen MR) is 213 cm³/mol. The molecule has 3 heterocycles. The third kappa shape index (κ3) is 4.39. The van der Waals surface area contributed by atoms with Gasteiger partial charge in [0.15, 0.2) is 11.6 Å². The third-order valence-electron chi connectivity index (χ3n) is 10.2. The molecule has 52 heavy (non-hydrogen) atoms. The lowest BCUT2D eigenvalue weighted by Gasteiger charge is -2.11. The first kappa shape index (κ1) is 28.7. The van der Waals surface area contributed by atoms with E-state index in [1.807, 2.05) is 60.7 Å². The molecule has 0 N–H and O–H groups in total. The minimum absolute atomic E-state index is 0.564. The van der Waals surface area contributed by atoms with Crippen molar-refractivity contribution >= 4 is 65.3 Å². The van der Waals surface area contributed by atoms with Gasteiger partial charge < -0.3 is 4.42 Å². The number of aromatic nitrogens is 4. The molecule has 3 aromatic heterocycles. The van der Waals surface area contributed by atoms with Gasteiger partial charge in [-0.3, -0.25) is 4.57 Å². The van der Waals surface area contributed by atoms with E-state index in [9.17, 15) is 0 Å². The number of para-hydroxylation sites is 1. The predicted octanol–water partition coefficient (Wildman–Crippen LogP) is 12.2. The zero-order chi connectivity index (χ0) is 34.2. The van der Waals surface area contributed by atoms with Crippen LogP contribution in [0.1, 0.15) is 0 Å². The molecule has 0 spiro atoms. The monoisotopic (exact) mass is 664 g/mol. The highest BCUT2D eigenvalue weighted by molar-refractivity contribution is 6.25. The topological polar surface area (TPSA) is 56.7 Å². The van der Waals surface area contributed by atoms with Crippen molar-refractivity contribution in [1.82, 2.24) is 19.5 Å². The number of furan rings is 1. The largest absolute Gasteiger partial charge is 0.456 e. The quantitative estimate of drug-likeness (QED) is 0.176. The van der Waals surface area contributed by atoms with Crippen molar-refractivity contribution < 1.29 is 4.42 Å². The molecule has 5 nitrogen and oxygen atoms in total. The van der Waals surface area contributed by atoms with E-state index < -0.39 is 0 Å². The smallest absolute Gasteiger partial charge is 0.238 e.